The summed E-state index contributed by atoms with van der Waals surface area (Å²) in [5.41, 5.74) is 7.40. The molecule has 3 aliphatic heterocycles. The van der Waals surface area contributed by atoms with E-state index < -0.39 is 5.54 Å². The molecule has 0 spiro atoms. The topological polar surface area (TPSA) is 69.9 Å². The first-order valence-electron chi connectivity index (χ1n) is 15.0. The third-order valence-corrected chi connectivity index (χ3v) is 10.2. The summed E-state index contributed by atoms with van der Waals surface area (Å²) in [5, 5.41) is 1.11. The predicted octanol–water partition coefficient (Wildman–Crippen LogP) is 5.97. The summed E-state index contributed by atoms with van der Waals surface area (Å²) < 4.78 is 0. The van der Waals surface area contributed by atoms with Crippen LogP contribution < -0.4 is 5.73 Å². The molecule has 40 heavy (non-hydrogen) atoms. The molecule has 3 saturated heterocycles. The summed E-state index contributed by atoms with van der Waals surface area (Å²) >= 11 is 12.7. The third kappa shape index (κ3) is 6.35. The highest BCUT2D eigenvalue weighted by Crippen LogP contribution is 2.38. The SMILES string of the molecule is NC(=O)C1(N2CCCCC2)CCN(CCCC2C(c3ccc(Cl)c(Cl)c3)CCCN2C(=O)c2ccccc2)CC1. The first-order valence-corrected chi connectivity index (χ1v) is 15.7. The van der Waals surface area contributed by atoms with E-state index in [1.54, 1.807) is 0 Å². The Kier molecular flexibility index (Phi) is 9.72. The molecular formula is C32H42Cl2N4O2. The van der Waals surface area contributed by atoms with Crippen molar-refractivity contribution in [3.63, 3.8) is 0 Å². The Balaban J connectivity index is 1.27. The molecule has 0 radical (unpaired) electrons. The average molecular weight is 586 g/mol. The quantitative estimate of drug-likeness (QED) is 0.415. The van der Waals surface area contributed by atoms with E-state index in [2.05, 4.69) is 20.8 Å². The Bertz CT molecular complexity index is 1160. The standard InChI is InChI=1S/C32H42Cl2N4O2/c33-27-14-13-25(23-28(27)34)26-11-7-20-38(30(39)24-9-3-1-4-10-24)29(26)12-8-17-36-21-15-32(16-22-36,31(35)40)37-18-5-2-6-19-37/h1,3-4,9-10,13-14,23,26,29H,2,5-8,11-12,15-22H2,(H2,35,40). The Labute approximate surface area is 248 Å². The summed E-state index contributed by atoms with van der Waals surface area (Å²) in [5.74, 6) is 0.149. The molecule has 2 unspecified atom stereocenters. The van der Waals surface area contributed by atoms with Gasteiger partial charge in [0.1, 0.15) is 5.54 Å². The summed E-state index contributed by atoms with van der Waals surface area (Å²) in [7, 11) is 0. The Morgan fingerprint density at radius 1 is 0.875 bits per heavy atom. The number of likely N-dealkylation sites (tertiary alicyclic amines) is 3. The zero-order valence-electron chi connectivity index (χ0n) is 23.4. The van der Waals surface area contributed by atoms with E-state index >= 15 is 0 Å². The molecule has 5 rings (SSSR count). The van der Waals surface area contributed by atoms with Crippen molar-refractivity contribution >= 4 is 35.0 Å². The van der Waals surface area contributed by atoms with Crippen molar-refractivity contribution in [2.75, 3.05) is 39.3 Å². The van der Waals surface area contributed by atoms with Gasteiger partial charge in [-0.3, -0.25) is 14.5 Å². The van der Waals surface area contributed by atoms with E-state index in [0.29, 0.717) is 10.0 Å². The summed E-state index contributed by atoms with van der Waals surface area (Å²) in [6.07, 6.45) is 9.01. The van der Waals surface area contributed by atoms with Crippen molar-refractivity contribution in [2.45, 2.75) is 75.3 Å². The average Bonchev–Trinajstić information content (AvgIpc) is 2.99. The van der Waals surface area contributed by atoms with Gasteiger partial charge in [0, 0.05) is 37.2 Å². The van der Waals surface area contributed by atoms with Crippen molar-refractivity contribution in [1.29, 1.82) is 0 Å². The monoisotopic (exact) mass is 584 g/mol. The number of amides is 2. The first kappa shape index (κ1) is 29.4. The second-order valence-corrected chi connectivity index (χ2v) is 12.6. The summed E-state index contributed by atoms with van der Waals surface area (Å²) in [4.78, 5) is 33.3. The number of nitrogens with two attached hydrogens (primary N) is 1. The van der Waals surface area contributed by atoms with Crippen LogP contribution in [0.4, 0.5) is 0 Å². The number of benzene rings is 2. The molecule has 2 amide bonds. The number of hydrogen-bond donors (Lipinski definition) is 1. The summed E-state index contributed by atoms with van der Waals surface area (Å²) in [6.45, 7) is 5.43. The van der Waals surface area contributed by atoms with Crippen molar-refractivity contribution in [3.8, 4) is 0 Å². The van der Waals surface area contributed by atoms with Gasteiger partial charge in [0.15, 0.2) is 0 Å². The Morgan fingerprint density at radius 2 is 1.60 bits per heavy atom. The fraction of sp³-hybridized carbons (Fsp3) is 0.562. The minimum absolute atomic E-state index is 0.0848. The fourth-order valence-electron chi connectivity index (χ4n) is 7.26. The van der Waals surface area contributed by atoms with Gasteiger partial charge in [-0.25, -0.2) is 0 Å². The molecule has 2 aromatic carbocycles. The van der Waals surface area contributed by atoms with Crippen molar-refractivity contribution in [1.82, 2.24) is 14.7 Å². The van der Waals surface area contributed by atoms with Crippen LogP contribution in [0.25, 0.3) is 0 Å². The molecule has 216 valence electrons. The van der Waals surface area contributed by atoms with Crippen LogP contribution in [0.3, 0.4) is 0 Å². The van der Waals surface area contributed by atoms with Crippen LogP contribution in [0, 0.1) is 0 Å². The fourth-order valence-corrected chi connectivity index (χ4v) is 7.56. The van der Waals surface area contributed by atoms with Crippen LogP contribution >= 0.6 is 23.2 Å². The number of primary amides is 1. The molecule has 0 bridgehead atoms. The lowest BCUT2D eigenvalue weighted by molar-refractivity contribution is -0.135. The van der Waals surface area contributed by atoms with Gasteiger partial charge >= 0.3 is 0 Å². The number of rotatable bonds is 8. The number of hydrogen-bond acceptors (Lipinski definition) is 4. The van der Waals surface area contributed by atoms with Crippen LogP contribution in [0.15, 0.2) is 48.5 Å². The second-order valence-electron chi connectivity index (χ2n) is 11.8. The van der Waals surface area contributed by atoms with Crippen LogP contribution in [0.5, 0.6) is 0 Å². The number of piperidine rings is 3. The van der Waals surface area contributed by atoms with Gasteiger partial charge in [-0.1, -0.05) is 53.9 Å². The lowest BCUT2D eigenvalue weighted by atomic mass is 9.80. The van der Waals surface area contributed by atoms with E-state index in [1.807, 2.05) is 42.5 Å². The van der Waals surface area contributed by atoms with Gasteiger partial charge in [-0.05, 0) is 101 Å². The van der Waals surface area contributed by atoms with Gasteiger partial charge in [-0.2, -0.15) is 0 Å². The number of carbonyl (C=O) groups excluding carboxylic acids is 2. The molecule has 2 N–H and O–H groups in total. The van der Waals surface area contributed by atoms with Crippen LogP contribution in [-0.2, 0) is 4.79 Å². The van der Waals surface area contributed by atoms with Crippen molar-refractivity contribution in [3.05, 3.63) is 69.7 Å². The van der Waals surface area contributed by atoms with E-state index in [0.717, 1.165) is 102 Å². The van der Waals surface area contributed by atoms with Crippen molar-refractivity contribution < 1.29 is 9.59 Å². The van der Waals surface area contributed by atoms with Crippen LogP contribution in [0.2, 0.25) is 10.0 Å². The molecule has 6 nitrogen and oxygen atoms in total. The summed E-state index contributed by atoms with van der Waals surface area (Å²) in [6, 6.07) is 15.6. The van der Waals surface area contributed by atoms with Gasteiger partial charge in [0.05, 0.1) is 10.0 Å². The Morgan fingerprint density at radius 3 is 2.27 bits per heavy atom. The normalized spacial score (nSPS) is 24.1. The van der Waals surface area contributed by atoms with E-state index in [-0.39, 0.29) is 23.8 Å². The molecule has 0 aliphatic carbocycles. The number of carbonyl (C=O) groups is 2. The van der Waals surface area contributed by atoms with Gasteiger partial charge in [0.2, 0.25) is 5.91 Å². The largest absolute Gasteiger partial charge is 0.368 e. The predicted molar refractivity (Wildman–Crippen MR) is 162 cm³/mol. The number of halogens is 2. The molecule has 3 fully saturated rings. The number of nitrogens with zero attached hydrogens (tertiary/aromatic N) is 3. The first-order chi connectivity index (χ1) is 19.4. The molecule has 0 aromatic heterocycles. The molecular weight excluding hydrogens is 543 g/mol. The van der Waals surface area contributed by atoms with Gasteiger partial charge < -0.3 is 15.5 Å². The molecule has 8 heteroatoms. The minimum atomic E-state index is -0.488. The van der Waals surface area contributed by atoms with E-state index in [1.165, 1.54) is 6.42 Å². The minimum Gasteiger partial charge on any atom is -0.368 e. The highest BCUT2D eigenvalue weighted by atomic mass is 35.5. The van der Waals surface area contributed by atoms with Crippen molar-refractivity contribution in [2.24, 2.45) is 5.73 Å². The lowest BCUT2D eigenvalue weighted by Gasteiger charge is -2.48. The highest BCUT2D eigenvalue weighted by Gasteiger charge is 2.45. The lowest BCUT2D eigenvalue weighted by Crippen LogP contribution is -2.63. The maximum absolute atomic E-state index is 13.7. The maximum Gasteiger partial charge on any atom is 0.254 e. The molecule has 2 aromatic rings. The smallest absolute Gasteiger partial charge is 0.254 e. The van der Waals surface area contributed by atoms with E-state index in [9.17, 15) is 9.59 Å². The molecule has 0 saturated carbocycles. The van der Waals surface area contributed by atoms with E-state index in [4.69, 9.17) is 28.9 Å². The molecule has 2 atom stereocenters. The zero-order valence-corrected chi connectivity index (χ0v) is 24.9. The van der Waals surface area contributed by atoms with Crippen LogP contribution in [0.1, 0.15) is 79.6 Å². The third-order valence-electron chi connectivity index (χ3n) is 9.51. The maximum atomic E-state index is 13.7. The molecule has 3 heterocycles. The van der Waals surface area contributed by atoms with Crippen LogP contribution in [-0.4, -0.2) is 77.4 Å². The second kappa shape index (κ2) is 13.2. The Hall–Kier alpha value is -2.12. The van der Waals surface area contributed by atoms with Gasteiger partial charge in [0.25, 0.3) is 5.91 Å². The van der Waals surface area contributed by atoms with Gasteiger partial charge in [-0.15, -0.1) is 0 Å². The molecule has 3 aliphatic rings. The zero-order chi connectivity index (χ0) is 28.1. The highest BCUT2D eigenvalue weighted by molar-refractivity contribution is 6.42.